The third-order valence-corrected chi connectivity index (χ3v) is 4.51. The Hall–Kier alpha value is -3.02. The fourth-order valence-electron chi connectivity index (χ4n) is 3.00. The van der Waals surface area contributed by atoms with E-state index >= 15 is 0 Å². The summed E-state index contributed by atoms with van der Waals surface area (Å²) in [5, 5.41) is 6.85. The SMILES string of the molecule is O=C(Nc1cnn(-c2ccccc2F)c1)C1(c2ccccc2F)CC1. The molecular formula is C19H15F2N3O. The van der Waals surface area contributed by atoms with Gasteiger partial charge in [0.2, 0.25) is 5.91 Å². The quantitative estimate of drug-likeness (QED) is 0.785. The molecule has 1 N–H and O–H groups in total. The maximum absolute atomic E-state index is 14.1. The van der Waals surface area contributed by atoms with E-state index in [4.69, 9.17) is 0 Å². The topological polar surface area (TPSA) is 46.9 Å². The van der Waals surface area contributed by atoms with Crippen molar-refractivity contribution in [2.45, 2.75) is 18.3 Å². The molecule has 2 aromatic carbocycles. The summed E-state index contributed by atoms with van der Waals surface area (Å²) < 4.78 is 29.2. The molecular weight excluding hydrogens is 324 g/mol. The molecule has 0 aliphatic heterocycles. The fraction of sp³-hybridized carbons (Fsp3) is 0.158. The number of hydrogen-bond donors (Lipinski definition) is 1. The van der Waals surface area contributed by atoms with Gasteiger partial charge in [-0.15, -0.1) is 0 Å². The molecule has 4 nitrogen and oxygen atoms in total. The first-order valence-electron chi connectivity index (χ1n) is 7.96. The van der Waals surface area contributed by atoms with E-state index < -0.39 is 11.2 Å². The number of carbonyl (C=O) groups excluding carboxylic acids is 1. The molecule has 1 saturated carbocycles. The lowest BCUT2D eigenvalue weighted by atomic mass is 9.94. The summed E-state index contributed by atoms with van der Waals surface area (Å²) in [5.74, 6) is -1.06. The third-order valence-electron chi connectivity index (χ3n) is 4.51. The van der Waals surface area contributed by atoms with Crippen molar-refractivity contribution in [3.8, 4) is 5.69 Å². The number of amides is 1. The average molecular weight is 339 g/mol. The van der Waals surface area contributed by atoms with Crippen LogP contribution < -0.4 is 5.32 Å². The van der Waals surface area contributed by atoms with E-state index in [2.05, 4.69) is 10.4 Å². The second-order valence-corrected chi connectivity index (χ2v) is 6.14. The molecule has 0 atom stereocenters. The van der Waals surface area contributed by atoms with Crippen molar-refractivity contribution in [2.24, 2.45) is 0 Å². The molecule has 6 heteroatoms. The molecule has 1 fully saturated rings. The van der Waals surface area contributed by atoms with Gasteiger partial charge in [0, 0.05) is 5.56 Å². The lowest BCUT2D eigenvalue weighted by Crippen LogP contribution is -2.28. The van der Waals surface area contributed by atoms with E-state index in [9.17, 15) is 13.6 Å². The Morgan fingerprint density at radius 3 is 2.40 bits per heavy atom. The zero-order chi connectivity index (χ0) is 17.4. The van der Waals surface area contributed by atoms with Gasteiger partial charge in [-0.25, -0.2) is 13.5 Å². The number of para-hydroxylation sites is 1. The molecule has 1 heterocycles. The Morgan fingerprint density at radius 1 is 1.04 bits per heavy atom. The minimum Gasteiger partial charge on any atom is -0.323 e. The molecule has 126 valence electrons. The number of anilines is 1. The molecule has 0 saturated heterocycles. The van der Waals surface area contributed by atoms with E-state index in [0.717, 1.165) is 0 Å². The first-order chi connectivity index (χ1) is 12.1. The van der Waals surface area contributed by atoms with Crippen LogP contribution in [0.2, 0.25) is 0 Å². The van der Waals surface area contributed by atoms with Gasteiger partial charge in [-0.3, -0.25) is 4.79 Å². The summed E-state index contributed by atoms with van der Waals surface area (Å²) in [6.07, 6.45) is 4.18. The van der Waals surface area contributed by atoms with Gasteiger partial charge in [-0.1, -0.05) is 30.3 Å². The zero-order valence-corrected chi connectivity index (χ0v) is 13.2. The maximum Gasteiger partial charge on any atom is 0.235 e. The van der Waals surface area contributed by atoms with Crippen LogP contribution in [0.25, 0.3) is 5.69 Å². The van der Waals surface area contributed by atoms with Crippen LogP contribution in [0.15, 0.2) is 60.9 Å². The van der Waals surface area contributed by atoms with Crippen molar-refractivity contribution in [3.05, 3.63) is 78.1 Å². The van der Waals surface area contributed by atoms with E-state index in [-0.39, 0.29) is 11.7 Å². The summed E-state index contributed by atoms with van der Waals surface area (Å²) >= 11 is 0. The van der Waals surface area contributed by atoms with Crippen LogP contribution in [-0.2, 0) is 10.2 Å². The molecule has 1 aromatic heterocycles. The highest BCUT2D eigenvalue weighted by molar-refractivity contribution is 6.01. The van der Waals surface area contributed by atoms with Crippen LogP contribution in [0.1, 0.15) is 18.4 Å². The van der Waals surface area contributed by atoms with E-state index in [1.807, 2.05) is 0 Å². The zero-order valence-electron chi connectivity index (χ0n) is 13.2. The predicted octanol–water partition coefficient (Wildman–Crippen LogP) is 3.82. The first kappa shape index (κ1) is 15.5. The largest absolute Gasteiger partial charge is 0.323 e. The number of nitrogens with one attached hydrogen (secondary N) is 1. The Kier molecular flexibility index (Phi) is 3.60. The number of nitrogens with zero attached hydrogens (tertiary/aromatic N) is 2. The van der Waals surface area contributed by atoms with Gasteiger partial charge < -0.3 is 5.32 Å². The number of halogens is 2. The lowest BCUT2D eigenvalue weighted by Gasteiger charge is -2.15. The van der Waals surface area contributed by atoms with Crippen LogP contribution >= 0.6 is 0 Å². The minimum atomic E-state index is -0.828. The van der Waals surface area contributed by atoms with E-state index in [0.29, 0.717) is 29.8 Å². The van der Waals surface area contributed by atoms with Gasteiger partial charge in [0.1, 0.15) is 17.3 Å². The van der Waals surface area contributed by atoms with Crippen molar-refractivity contribution in [1.29, 1.82) is 0 Å². The van der Waals surface area contributed by atoms with Crippen molar-refractivity contribution in [2.75, 3.05) is 5.32 Å². The smallest absolute Gasteiger partial charge is 0.235 e. The molecule has 1 amide bonds. The second-order valence-electron chi connectivity index (χ2n) is 6.14. The molecule has 0 spiro atoms. The van der Waals surface area contributed by atoms with Gasteiger partial charge in [-0.05, 0) is 31.0 Å². The van der Waals surface area contributed by atoms with Crippen molar-refractivity contribution < 1.29 is 13.6 Å². The van der Waals surface area contributed by atoms with Gasteiger partial charge in [-0.2, -0.15) is 5.10 Å². The first-order valence-corrected chi connectivity index (χ1v) is 7.96. The van der Waals surface area contributed by atoms with Crippen LogP contribution in [-0.4, -0.2) is 15.7 Å². The van der Waals surface area contributed by atoms with Gasteiger partial charge >= 0.3 is 0 Å². The lowest BCUT2D eigenvalue weighted by molar-refractivity contribution is -0.118. The highest BCUT2D eigenvalue weighted by Crippen LogP contribution is 2.49. The number of rotatable bonds is 4. The second kappa shape index (κ2) is 5.81. The molecule has 1 aliphatic rings. The number of benzene rings is 2. The minimum absolute atomic E-state index is 0.273. The summed E-state index contributed by atoms with van der Waals surface area (Å²) in [6.45, 7) is 0. The molecule has 0 bridgehead atoms. The molecule has 3 aromatic rings. The van der Waals surface area contributed by atoms with Gasteiger partial charge in [0.15, 0.2) is 0 Å². The van der Waals surface area contributed by atoms with Crippen molar-refractivity contribution >= 4 is 11.6 Å². The maximum atomic E-state index is 14.1. The van der Waals surface area contributed by atoms with E-state index in [1.165, 1.54) is 29.2 Å². The molecule has 0 radical (unpaired) electrons. The number of hydrogen-bond acceptors (Lipinski definition) is 2. The van der Waals surface area contributed by atoms with Crippen LogP contribution in [0.5, 0.6) is 0 Å². The normalized spacial score (nSPS) is 15.0. The van der Waals surface area contributed by atoms with Crippen LogP contribution in [0.3, 0.4) is 0 Å². The molecule has 1 aliphatic carbocycles. The summed E-state index contributed by atoms with van der Waals surface area (Å²) in [6, 6.07) is 12.6. The van der Waals surface area contributed by atoms with Crippen molar-refractivity contribution in [1.82, 2.24) is 9.78 Å². The summed E-state index contributed by atoms with van der Waals surface area (Å²) in [7, 11) is 0. The van der Waals surface area contributed by atoms with E-state index in [1.54, 1.807) is 36.4 Å². The third kappa shape index (κ3) is 2.69. The fourth-order valence-corrected chi connectivity index (χ4v) is 3.00. The standard InChI is InChI=1S/C19H15F2N3O/c20-15-6-2-1-5-14(15)19(9-10-19)18(25)23-13-11-22-24(12-13)17-8-4-3-7-16(17)21/h1-8,11-12H,9-10H2,(H,23,25). The molecule has 0 unspecified atom stereocenters. The summed E-state index contributed by atoms with van der Waals surface area (Å²) in [4.78, 5) is 12.7. The Balaban J connectivity index is 1.57. The van der Waals surface area contributed by atoms with Crippen LogP contribution in [0.4, 0.5) is 14.5 Å². The Morgan fingerprint density at radius 2 is 1.72 bits per heavy atom. The monoisotopic (exact) mass is 339 g/mol. The Labute approximate surface area is 143 Å². The highest BCUT2D eigenvalue weighted by Gasteiger charge is 2.52. The number of aromatic nitrogens is 2. The highest BCUT2D eigenvalue weighted by atomic mass is 19.1. The molecule has 4 rings (SSSR count). The average Bonchev–Trinajstić information content (AvgIpc) is 3.29. The number of carbonyl (C=O) groups is 1. The Bertz CT molecular complexity index is 947. The van der Waals surface area contributed by atoms with Gasteiger partial charge in [0.05, 0.1) is 23.5 Å². The summed E-state index contributed by atoms with van der Waals surface area (Å²) in [5.41, 5.74) is 0.314. The predicted molar refractivity (Wildman–Crippen MR) is 89.5 cm³/mol. The van der Waals surface area contributed by atoms with Crippen LogP contribution in [0, 0.1) is 11.6 Å². The molecule has 25 heavy (non-hydrogen) atoms. The van der Waals surface area contributed by atoms with Gasteiger partial charge in [0.25, 0.3) is 0 Å². The van der Waals surface area contributed by atoms with Crippen molar-refractivity contribution in [3.63, 3.8) is 0 Å².